The Morgan fingerprint density at radius 3 is 2.46 bits per heavy atom. The third-order valence-corrected chi connectivity index (χ3v) is 4.58. The normalized spacial score (nSPS) is 11.0. The summed E-state index contributed by atoms with van der Waals surface area (Å²) in [7, 11) is 3.05. The third-order valence-electron chi connectivity index (χ3n) is 4.28. The van der Waals surface area contributed by atoms with Gasteiger partial charge in [0.05, 0.1) is 24.9 Å². The van der Waals surface area contributed by atoms with Crippen LogP contribution in [-0.4, -0.2) is 25.1 Å². The second-order valence-electron chi connectivity index (χ2n) is 6.33. The monoisotopic (exact) mass is 372 g/mol. The second-order valence-corrected chi connectivity index (χ2v) is 6.73. The predicted molar refractivity (Wildman–Crippen MR) is 105 cm³/mol. The molecule has 0 aliphatic carbocycles. The van der Waals surface area contributed by atoms with E-state index in [0.717, 1.165) is 10.9 Å². The van der Waals surface area contributed by atoms with Crippen molar-refractivity contribution in [2.24, 2.45) is 0 Å². The molecule has 0 aliphatic rings. The molecule has 0 atom stereocenters. The van der Waals surface area contributed by atoms with E-state index in [-0.39, 0.29) is 5.91 Å². The molecule has 3 rings (SSSR count). The zero-order chi connectivity index (χ0) is 18.8. The number of fused-ring (bicyclic) bond motifs is 1. The third kappa shape index (κ3) is 3.48. The number of carbonyl (C=O) groups excluding carboxylic acids is 1. The van der Waals surface area contributed by atoms with Gasteiger partial charge in [-0.2, -0.15) is 0 Å². The van der Waals surface area contributed by atoms with Crippen molar-refractivity contribution in [1.29, 1.82) is 0 Å². The van der Waals surface area contributed by atoms with Gasteiger partial charge in [0.25, 0.3) is 5.91 Å². The lowest BCUT2D eigenvalue weighted by Gasteiger charge is -2.12. The zero-order valence-electron chi connectivity index (χ0n) is 15.1. The first-order valence-electron chi connectivity index (χ1n) is 8.28. The molecule has 0 unspecified atom stereocenters. The number of hydrogen-bond acceptors (Lipinski definition) is 3. The number of nitrogens with one attached hydrogen (secondary N) is 2. The number of halogens is 1. The second kappa shape index (κ2) is 7.30. The van der Waals surface area contributed by atoms with E-state index >= 15 is 0 Å². The van der Waals surface area contributed by atoms with Crippen molar-refractivity contribution in [2.75, 3.05) is 19.5 Å². The number of benzene rings is 2. The van der Waals surface area contributed by atoms with Crippen LogP contribution in [0.1, 0.15) is 35.8 Å². The minimum atomic E-state index is -0.271. The summed E-state index contributed by atoms with van der Waals surface area (Å²) in [4.78, 5) is 15.8. The summed E-state index contributed by atoms with van der Waals surface area (Å²) in [6, 6.07) is 11.2. The van der Waals surface area contributed by atoms with Gasteiger partial charge in [-0.1, -0.05) is 37.6 Å². The Kier molecular flexibility index (Phi) is 5.09. The lowest BCUT2D eigenvalue weighted by atomic mass is 10.0. The number of anilines is 1. The first kappa shape index (κ1) is 18.1. The van der Waals surface area contributed by atoms with Crippen LogP contribution in [0, 0.1) is 0 Å². The summed E-state index contributed by atoms with van der Waals surface area (Å²) in [6.07, 6.45) is 0. The van der Waals surface area contributed by atoms with Gasteiger partial charge in [0.1, 0.15) is 17.2 Å². The summed E-state index contributed by atoms with van der Waals surface area (Å²) in [5.74, 6) is 1.10. The molecular weight excluding hydrogens is 352 g/mol. The summed E-state index contributed by atoms with van der Waals surface area (Å²) < 4.78 is 10.5. The number of aromatic nitrogens is 1. The molecule has 1 heterocycles. The molecule has 1 aromatic heterocycles. The van der Waals surface area contributed by atoms with Gasteiger partial charge in [-0.05, 0) is 29.7 Å². The van der Waals surface area contributed by atoms with Crippen molar-refractivity contribution in [2.45, 2.75) is 19.8 Å². The Bertz CT molecular complexity index is 963. The average Bonchev–Trinajstić information content (AvgIpc) is 3.05. The van der Waals surface area contributed by atoms with Gasteiger partial charge in [-0.3, -0.25) is 4.79 Å². The molecule has 5 nitrogen and oxygen atoms in total. The topological polar surface area (TPSA) is 63.4 Å². The van der Waals surface area contributed by atoms with E-state index in [4.69, 9.17) is 21.1 Å². The van der Waals surface area contributed by atoms with E-state index in [2.05, 4.69) is 36.3 Å². The van der Waals surface area contributed by atoms with Gasteiger partial charge in [0, 0.05) is 17.0 Å². The van der Waals surface area contributed by atoms with E-state index in [1.807, 2.05) is 12.1 Å². The fraction of sp³-hybridized carbons (Fsp3) is 0.250. The maximum atomic E-state index is 12.7. The molecule has 0 bridgehead atoms. The molecule has 0 spiro atoms. The summed E-state index contributed by atoms with van der Waals surface area (Å²) >= 11 is 6.16. The number of rotatable bonds is 5. The average molecular weight is 373 g/mol. The Morgan fingerprint density at radius 1 is 1.08 bits per heavy atom. The Morgan fingerprint density at radius 2 is 1.81 bits per heavy atom. The Labute approximate surface area is 157 Å². The maximum absolute atomic E-state index is 12.7. The van der Waals surface area contributed by atoms with Gasteiger partial charge in [-0.15, -0.1) is 0 Å². The van der Waals surface area contributed by atoms with Crippen molar-refractivity contribution < 1.29 is 14.3 Å². The smallest absolute Gasteiger partial charge is 0.272 e. The fourth-order valence-electron chi connectivity index (χ4n) is 2.77. The molecule has 0 saturated carbocycles. The first-order valence-corrected chi connectivity index (χ1v) is 8.66. The highest BCUT2D eigenvalue weighted by atomic mass is 35.5. The number of hydrogen-bond donors (Lipinski definition) is 2. The van der Waals surface area contributed by atoms with Crippen molar-refractivity contribution in [3.63, 3.8) is 0 Å². The maximum Gasteiger partial charge on any atom is 0.272 e. The predicted octanol–water partition coefficient (Wildman–Crippen LogP) is 5.21. The minimum absolute atomic E-state index is 0.271. The largest absolute Gasteiger partial charge is 0.495 e. The molecule has 3 aromatic rings. The zero-order valence-corrected chi connectivity index (χ0v) is 15.9. The summed E-state index contributed by atoms with van der Waals surface area (Å²) in [6.45, 7) is 4.27. The molecule has 136 valence electrons. The van der Waals surface area contributed by atoms with Crippen LogP contribution >= 0.6 is 11.6 Å². The molecule has 0 radical (unpaired) electrons. The quantitative estimate of drug-likeness (QED) is 0.645. The van der Waals surface area contributed by atoms with Crippen LogP contribution in [0.5, 0.6) is 11.5 Å². The molecule has 0 fully saturated rings. The van der Waals surface area contributed by atoms with Crippen LogP contribution in [0.4, 0.5) is 5.69 Å². The highest BCUT2D eigenvalue weighted by Gasteiger charge is 2.15. The summed E-state index contributed by atoms with van der Waals surface area (Å²) in [5, 5.41) is 4.21. The number of carbonyl (C=O) groups is 1. The van der Waals surface area contributed by atoms with Crippen LogP contribution in [0.25, 0.3) is 10.9 Å². The van der Waals surface area contributed by atoms with Crippen LogP contribution in [0.15, 0.2) is 36.4 Å². The van der Waals surface area contributed by atoms with Crippen molar-refractivity contribution >= 4 is 34.1 Å². The molecule has 1 amide bonds. The van der Waals surface area contributed by atoms with E-state index in [1.165, 1.54) is 19.8 Å². The highest BCUT2D eigenvalue weighted by Crippen LogP contribution is 2.36. The van der Waals surface area contributed by atoms with Crippen LogP contribution in [-0.2, 0) is 0 Å². The van der Waals surface area contributed by atoms with Crippen molar-refractivity contribution in [1.82, 2.24) is 4.98 Å². The SMILES string of the molecule is COc1cc(OC)c(NC(=O)c2cc3ccc(C(C)C)cc3[nH]2)cc1Cl. The fourth-order valence-corrected chi connectivity index (χ4v) is 3.01. The minimum Gasteiger partial charge on any atom is -0.495 e. The number of amides is 1. The van der Waals surface area contributed by atoms with E-state index in [0.29, 0.717) is 33.8 Å². The highest BCUT2D eigenvalue weighted by molar-refractivity contribution is 6.32. The number of aromatic amines is 1. The van der Waals surface area contributed by atoms with Gasteiger partial charge in [-0.25, -0.2) is 0 Å². The molecule has 2 aromatic carbocycles. The Hall–Kier alpha value is -2.66. The first-order chi connectivity index (χ1) is 12.4. The van der Waals surface area contributed by atoms with Gasteiger partial charge < -0.3 is 19.8 Å². The molecule has 2 N–H and O–H groups in total. The molecule has 0 saturated heterocycles. The standard InChI is InChI=1S/C20H21ClN2O3/c1-11(2)12-5-6-13-8-17(22-15(13)7-12)20(24)23-16-9-14(21)18(25-3)10-19(16)26-4/h5-11,22H,1-4H3,(H,23,24). The summed E-state index contributed by atoms with van der Waals surface area (Å²) in [5.41, 5.74) is 3.09. The molecular formula is C20H21ClN2O3. The van der Waals surface area contributed by atoms with Crippen molar-refractivity contribution in [3.05, 3.63) is 52.7 Å². The van der Waals surface area contributed by atoms with Gasteiger partial charge in [0.15, 0.2) is 0 Å². The Balaban J connectivity index is 1.90. The van der Waals surface area contributed by atoms with Crippen LogP contribution in [0.2, 0.25) is 5.02 Å². The molecule has 26 heavy (non-hydrogen) atoms. The van der Waals surface area contributed by atoms with Gasteiger partial charge >= 0.3 is 0 Å². The number of ether oxygens (including phenoxy) is 2. The van der Waals surface area contributed by atoms with E-state index < -0.39 is 0 Å². The van der Waals surface area contributed by atoms with Gasteiger partial charge in [0.2, 0.25) is 0 Å². The number of H-pyrrole nitrogens is 1. The number of methoxy groups -OCH3 is 2. The van der Waals surface area contributed by atoms with Crippen LogP contribution in [0.3, 0.4) is 0 Å². The van der Waals surface area contributed by atoms with Crippen LogP contribution < -0.4 is 14.8 Å². The molecule has 0 aliphatic heterocycles. The lowest BCUT2D eigenvalue weighted by Crippen LogP contribution is -2.13. The molecule has 6 heteroatoms. The van der Waals surface area contributed by atoms with Crippen molar-refractivity contribution in [3.8, 4) is 11.5 Å². The van der Waals surface area contributed by atoms with E-state index in [1.54, 1.807) is 12.1 Å². The lowest BCUT2D eigenvalue weighted by molar-refractivity contribution is 0.102. The van der Waals surface area contributed by atoms with E-state index in [9.17, 15) is 4.79 Å².